The van der Waals surface area contributed by atoms with Gasteiger partial charge < -0.3 is 15.7 Å². The van der Waals surface area contributed by atoms with E-state index in [0.717, 1.165) is 6.54 Å². The Morgan fingerprint density at radius 1 is 1.24 bits per heavy atom. The highest BCUT2D eigenvalue weighted by molar-refractivity contribution is 6.05. The average molecular weight is 283 g/mol. The molecule has 21 heavy (non-hydrogen) atoms. The van der Waals surface area contributed by atoms with E-state index in [2.05, 4.69) is 15.6 Å². The van der Waals surface area contributed by atoms with Gasteiger partial charge in [0.05, 0.1) is 11.8 Å². The van der Waals surface area contributed by atoms with E-state index >= 15 is 0 Å². The zero-order valence-electron chi connectivity index (χ0n) is 11.5. The van der Waals surface area contributed by atoms with Crippen molar-refractivity contribution in [2.45, 2.75) is 25.4 Å². The molecule has 5 nitrogen and oxygen atoms in total. The maximum Gasteiger partial charge on any atom is 0.259 e. The van der Waals surface area contributed by atoms with Crippen molar-refractivity contribution >= 4 is 11.6 Å². The van der Waals surface area contributed by atoms with Gasteiger partial charge in [-0.05, 0) is 36.6 Å². The zero-order chi connectivity index (χ0) is 14.7. The van der Waals surface area contributed by atoms with Gasteiger partial charge in [-0.2, -0.15) is 0 Å². The van der Waals surface area contributed by atoms with Gasteiger partial charge in [0.1, 0.15) is 5.75 Å². The number of rotatable bonds is 5. The van der Waals surface area contributed by atoms with Crippen molar-refractivity contribution in [3.05, 3.63) is 53.9 Å². The van der Waals surface area contributed by atoms with Crippen molar-refractivity contribution in [1.29, 1.82) is 0 Å². The summed E-state index contributed by atoms with van der Waals surface area (Å²) in [4.78, 5) is 15.8. The fourth-order valence-electron chi connectivity index (χ4n) is 2.03. The molecule has 3 rings (SSSR count). The van der Waals surface area contributed by atoms with Crippen molar-refractivity contribution in [3.8, 4) is 5.75 Å². The van der Waals surface area contributed by atoms with E-state index < -0.39 is 0 Å². The van der Waals surface area contributed by atoms with Crippen LogP contribution in [0.4, 0.5) is 5.69 Å². The number of nitrogens with zero attached hydrogens (tertiary/aromatic N) is 1. The molecule has 0 spiro atoms. The summed E-state index contributed by atoms with van der Waals surface area (Å²) in [5.41, 5.74) is 2.10. The van der Waals surface area contributed by atoms with E-state index in [-0.39, 0.29) is 17.2 Å². The number of amides is 1. The van der Waals surface area contributed by atoms with Crippen molar-refractivity contribution in [2.75, 3.05) is 5.32 Å². The largest absolute Gasteiger partial charge is 0.505 e. The molecule has 0 bridgehead atoms. The van der Waals surface area contributed by atoms with Crippen molar-refractivity contribution in [2.24, 2.45) is 0 Å². The first kappa shape index (κ1) is 13.6. The van der Waals surface area contributed by atoms with Gasteiger partial charge in [-0.3, -0.25) is 9.78 Å². The van der Waals surface area contributed by atoms with Crippen LogP contribution in [-0.4, -0.2) is 22.0 Å². The van der Waals surface area contributed by atoms with Crippen LogP contribution in [-0.2, 0) is 6.54 Å². The van der Waals surface area contributed by atoms with Gasteiger partial charge in [-0.1, -0.05) is 12.1 Å². The lowest BCUT2D eigenvalue weighted by molar-refractivity contribution is 0.102. The third-order valence-electron chi connectivity index (χ3n) is 3.43. The second kappa shape index (κ2) is 5.93. The summed E-state index contributed by atoms with van der Waals surface area (Å²) < 4.78 is 0. The quantitative estimate of drug-likeness (QED) is 0.787. The summed E-state index contributed by atoms with van der Waals surface area (Å²) >= 11 is 0. The van der Waals surface area contributed by atoms with Crippen LogP contribution in [0.1, 0.15) is 28.8 Å². The molecule has 1 saturated carbocycles. The maximum atomic E-state index is 12.0. The van der Waals surface area contributed by atoms with Crippen LogP contribution in [0.3, 0.4) is 0 Å². The molecule has 1 aliphatic rings. The Morgan fingerprint density at radius 3 is 2.67 bits per heavy atom. The van der Waals surface area contributed by atoms with E-state index in [1.807, 2.05) is 24.3 Å². The first-order valence-corrected chi connectivity index (χ1v) is 6.99. The molecule has 1 aromatic heterocycles. The minimum absolute atomic E-state index is 0.125. The van der Waals surface area contributed by atoms with Gasteiger partial charge in [0.15, 0.2) is 0 Å². The highest BCUT2D eigenvalue weighted by Gasteiger charge is 2.19. The Morgan fingerprint density at radius 2 is 2.00 bits per heavy atom. The molecule has 1 aromatic carbocycles. The predicted octanol–water partition coefficient (Wildman–Crippen LogP) is 2.29. The number of aromatic hydroxyl groups is 1. The molecule has 1 heterocycles. The van der Waals surface area contributed by atoms with Gasteiger partial charge in [0.25, 0.3) is 5.91 Å². The van der Waals surface area contributed by atoms with Gasteiger partial charge in [0.2, 0.25) is 0 Å². The minimum atomic E-state index is -0.348. The van der Waals surface area contributed by atoms with Gasteiger partial charge in [-0.25, -0.2) is 0 Å². The molecule has 1 aliphatic carbocycles. The Balaban J connectivity index is 1.61. The molecule has 1 fully saturated rings. The van der Waals surface area contributed by atoms with Crippen molar-refractivity contribution in [1.82, 2.24) is 10.3 Å². The number of hydrogen-bond acceptors (Lipinski definition) is 4. The van der Waals surface area contributed by atoms with Gasteiger partial charge >= 0.3 is 0 Å². The van der Waals surface area contributed by atoms with Crippen LogP contribution in [0.5, 0.6) is 5.75 Å². The van der Waals surface area contributed by atoms with E-state index in [0.29, 0.717) is 11.7 Å². The van der Waals surface area contributed by atoms with Crippen LogP contribution < -0.4 is 10.6 Å². The summed E-state index contributed by atoms with van der Waals surface area (Å²) in [7, 11) is 0. The summed E-state index contributed by atoms with van der Waals surface area (Å²) in [5.74, 6) is -0.473. The number of anilines is 1. The van der Waals surface area contributed by atoms with Crippen LogP contribution in [0, 0.1) is 0 Å². The van der Waals surface area contributed by atoms with Crippen LogP contribution >= 0.6 is 0 Å². The topological polar surface area (TPSA) is 74.2 Å². The molecular formula is C16H17N3O2. The highest BCUT2D eigenvalue weighted by Crippen LogP contribution is 2.20. The molecule has 0 saturated heterocycles. The van der Waals surface area contributed by atoms with Crippen LogP contribution in [0.25, 0.3) is 0 Å². The molecule has 0 aliphatic heterocycles. The number of nitrogens with one attached hydrogen (secondary N) is 2. The number of carbonyl (C=O) groups is 1. The number of aromatic nitrogens is 1. The molecule has 2 aromatic rings. The molecule has 0 atom stereocenters. The van der Waals surface area contributed by atoms with E-state index in [1.165, 1.54) is 36.9 Å². The van der Waals surface area contributed by atoms with Crippen molar-refractivity contribution in [3.63, 3.8) is 0 Å². The van der Waals surface area contributed by atoms with Gasteiger partial charge in [-0.15, -0.1) is 0 Å². The number of benzene rings is 1. The summed E-state index contributed by atoms with van der Waals surface area (Å²) in [6, 6.07) is 9.85. The first-order chi connectivity index (χ1) is 10.2. The monoisotopic (exact) mass is 283 g/mol. The summed E-state index contributed by atoms with van der Waals surface area (Å²) in [6.45, 7) is 0.851. The molecular weight excluding hydrogens is 266 g/mol. The van der Waals surface area contributed by atoms with E-state index in [1.54, 1.807) is 0 Å². The molecule has 5 heteroatoms. The number of pyridine rings is 1. The molecule has 3 N–H and O–H groups in total. The minimum Gasteiger partial charge on any atom is -0.505 e. The summed E-state index contributed by atoms with van der Waals surface area (Å²) in [5, 5.41) is 15.8. The molecule has 0 radical (unpaired) electrons. The molecule has 1 amide bonds. The fraction of sp³-hybridized carbons (Fsp3) is 0.250. The highest BCUT2D eigenvalue weighted by atomic mass is 16.3. The van der Waals surface area contributed by atoms with Crippen LogP contribution in [0.2, 0.25) is 0 Å². The van der Waals surface area contributed by atoms with E-state index in [4.69, 9.17) is 0 Å². The first-order valence-electron chi connectivity index (χ1n) is 6.99. The Bertz CT molecular complexity index is 636. The third-order valence-corrected chi connectivity index (χ3v) is 3.43. The lowest BCUT2D eigenvalue weighted by Gasteiger charge is -2.08. The third kappa shape index (κ3) is 3.58. The van der Waals surface area contributed by atoms with Gasteiger partial charge in [0, 0.05) is 24.5 Å². The van der Waals surface area contributed by atoms with Crippen LogP contribution in [0.15, 0.2) is 42.7 Å². The predicted molar refractivity (Wildman–Crippen MR) is 80.2 cm³/mol. The normalized spacial score (nSPS) is 13.9. The second-order valence-corrected chi connectivity index (χ2v) is 5.20. The number of carbonyl (C=O) groups excluding carboxylic acids is 1. The SMILES string of the molecule is O=C(Nc1ccc(CNC2CC2)cc1)c1ccncc1O. The van der Waals surface area contributed by atoms with Crippen molar-refractivity contribution < 1.29 is 9.90 Å². The Kier molecular flexibility index (Phi) is 3.83. The lowest BCUT2D eigenvalue weighted by Crippen LogP contribution is -2.15. The maximum absolute atomic E-state index is 12.0. The molecule has 0 unspecified atom stereocenters. The average Bonchev–Trinajstić information content (AvgIpc) is 3.31. The Labute approximate surface area is 123 Å². The number of hydrogen-bond donors (Lipinski definition) is 3. The zero-order valence-corrected chi connectivity index (χ0v) is 11.5. The fourth-order valence-corrected chi connectivity index (χ4v) is 2.03. The smallest absolute Gasteiger partial charge is 0.259 e. The second-order valence-electron chi connectivity index (χ2n) is 5.20. The molecule has 108 valence electrons. The lowest BCUT2D eigenvalue weighted by atomic mass is 10.2. The Hall–Kier alpha value is -2.40. The van der Waals surface area contributed by atoms with E-state index in [9.17, 15) is 9.90 Å². The summed E-state index contributed by atoms with van der Waals surface area (Å²) in [6.07, 6.45) is 5.26. The standard InChI is InChI=1S/C16H17N3O2/c20-15-10-17-8-7-14(15)16(21)19-13-3-1-11(2-4-13)9-18-12-5-6-12/h1-4,7-8,10,12,18,20H,5-6,9H2,(H,19,21).